The van der Waals surface area contributed by atoms with Gasteiger partial charge in [-0.3, -0.25) is 9.59 Å². The average molecular weight is 373 g/mol. The number of aldehydes is 1. The predicted octanol–water partition coefficient (Wildman–Crippen LogP) is 4.54. The number of esters is 1. The standard InChI is InChI=1S/C24H23NO3/c1-17(2)28-23(27)24(16-25)21(18-9-5-3-6-10-18)14-13-20(15-26)22(24)19-11-7-4-8-12-19/h3-13,15,17,21-22H,14H2,1-2H3/t21-,22+,24?/m0/s1. The molecule has 1 unspecified atom stereocenters. The van der Waals surface area contributed by atoms with Gasteiger partial charge in [0.1, 0.15) is 6.29 Å². The molecular formula is C24H23NO3. The highest BCUT2D eigenvalue weighted by molar-refractivity contribution is 5.89. The van der Waals surface area contributed by atoms with Crippen LogP contribution >= 0.6 is 0 Å². The molecule has 1 aliphatic rings. The molecule has 2 aromatic rings. The van der Waals surface area contributed by atoms with Gasteiger partial charge in [-0.1, -0.05) is 66.7 Å². The number of benzene rings is 2. The van der Waals surface area contributed by atoms with Crippen molar-refractivity contribution in [1.29, 1.82) is 5.26 Å². The van der Waals surface area contributed by atoms with Crippen molar-refractivity contribution in [2.45, 2.75) is 38.2 Å². The van der Waals surface area contributed by atoms with Gasteiger partial charge in [0, 0.05) is 11.8 Å². The molecular weight excluding hydrogens is 350 g/mol. The molecule has 0 aliphatic heterocycles. The Morgan fingerprint density at radius 2 is 1.68 bits per heavy atom. The van der Waals surface area contributed by atoms with Crippen molar-refractivity contribution < 1.29 is 14.3 Å². The molecule has 142 valence electrons. The Labute approximate surface area is 165 Å². The second kappa shape index (κ2) is 8.22. The third-order valence-electron chi connectivity index (χ3n) is 5.26. The minimum atomic E-state index is -1.53. The number of ether oxygens (including phenoxy) is 1. The molecule has 1 aliphatic carbocycles. The van der Waals surface area contributed by atoms with Crippen LogP contribution in [0.15, 0.2) is 72.3 Å². The van der Waals surface area contributed by atoms with E-state index in [0.29, 0.717) is 12.0 Å². The second-order valence-electron chi connectivity index (χ2n) is 7.30. The van der Waals surface area contributed by atoms with Crippen LogP contribution in [0.5, 0.6) is 0 Å². The number of nitrogens with zero attached hydrogens (tertiary/aromatic N) is 1. The van der Waals surface area contributed by atoms with Crippen molar-refractivity contribution in [1.82, 2.24) is 0 Å². The fraction of sp³-hybridized carbons (Fsp3) is 0.292. The van der Waals surface area contributed by atoms with Crippen LogP contribution in [-0.4, -0.2) is 18.4 Å². The van der Waals surface area contributed by atoms with Gasteiger partial charge in [-0.15, -0.1) is 0 Å². The zero-order chi connectivity index (χ0) is 20.1. The van der Waals surface area contributed by atoms with Gasteiger partial charge in [0.15, 0.2) is 5.41 Å². The number of allylic oxidation sites excluding steroid dienone is 2. The molecule has 0 radical (unpaired) electrons. The van der Waals surface area contributed by atoms with Crippen molar-refractivity contribution in [3.8, 4) is 6.07 Å². The fourth-order valence-corrected chi connectivity index (χ4v) is 4.08. The Morgan fingerprint density at radius 3 is 2.18 bits per heavy atom. The number of carbonyl (C=O) groups is 2. The summed E-state index contributed by atoms with van der Waals surface area (Å²) in [6, 6.07) is 21.1. The molecule has 28 heavy (non-hydrogen) atoms. The topological polar surface area (TPSA) is 67.2 Å². The van der Waals surface area contributed by atoms with Gasteiger partial charge >= 0.3 is 5.97 Å². The summed E-state index contributed by atoms with van der Waals surface area (Å²) >= 11 is 0. The highest BCUT2D eigenvalue weighted by atomic mass is 16.5. The van der Waals surface area contributed by atoms with Crippen molar-refractivity contribution in [2.75, 3.05) is 0 Å². The number of carbonyl (C=O) groups excluding carboxylic acids is 2. The molecule has 3 rings (SSSR count). The molecule has 4 nitrogen and oxygen atoms in total. The van der Waals surface area contributed by atoms with Crippen LogP contribution in [0.2, 0.25) is 0 Å². The van der Waals surface area contributed by atoms with Crippen LogP contribution in [0.1, 0.15) is 43.2 Å². The van der Waals surface area contributed by atoms with E-state index in [0.717, 1.165) is 17.4 Å². The van der Waals surface area contributed by atoms with Crippen LogP contribution in [0.25, 0.3) is 0 Å². The minimum Gasteiger partial charge on any atom is -0.462 e. The lowest BCUT2D eigenvalue weighted by molar-refractivity contribution is -0.159. The zero-order valence-corrected chi connectivity index (χ0v) is 16.0. The Bertz CT molecular complexity index is 912. The molecule has 0 aromatic heterocycles. The highest BCUT2D eigenvalue weighted by Crippen LogP contribution is 2.55. The summed E-state index contributed by atoms with van der Waals surface area (Å²) < 4.78 is 5.58. The lowest BCUT2D eigenvalue weighted by atomic mass is 9.57. The maximum atomic E-state index is 13.4. The fourth-order valence-electron chi connectivity index (χ4n) is 4.08. The van der Waals surface area contributed by atoms with Gasteiger partial charge in [-0.2, -0.15) is 5.26 Å². The molecule has 3 atom stereocenters. The van der Waals surface area contributed by atoms with Gasteiger partial charge < -0.3 is 4.74 Å². The maximum Gasteiger partial charge on any atom is 0.328 e. The first-order valence-corrected chi connectivity index (χ1v) is 9.42. The first-order valence-electron chi connectivity index (χ1n) is 9.42. The van der Waals surface area contributed by atoms with E-state index in [1.165, 1.54) is 0 Å². The summed E-state index contributed by atoms with van der Waals surface area (Å²) in [4.78, 5) is 25.3. The summed E-state index contributed by atoms with van der Waals surface area (Å²) in [5.74, 6) is -1.69. The van der Waals surface area contributed by atoms with Crippen LogP contribution in [-0.2, 0) is 14.3 Å². The van der Waals surface area contributed by atoms with Crippen LogP contribution in [0, 0.1) is 16.7 Å². The van der Waals surface area contributed by atoms with Crippen molar-refractivity contribution in [2.24, 2.45) is 5.41 Å². The average Bonchev–Trinajstić information content (AvgIpc) is 2.73. The molecule has 0 amide bonds. The molecule has 0 saturated heterocycles. The maximum absolute atomic E-state index is 13.4. The summed E-state index contributed by atoms with van der Waals surface area (Å²) in [6.45, 7) is 3.52. The van der Waals surface area contributed by atoms with Gasteiger partial charge in [-0.25, -0.2) is 0 Å². The van der Waals surface area contributed by atoms with E-state index in [9.17, 15) is 14.9 Å². The van der Waals surface area contributed by atoms with Crippen molar-refractivity contribution in [3.63, 3.8) is 0 Å². The summed E-state index contributed by atoms with van der Waals surface area (Å²) in [7, 11) is 0. The quantitative estimate of drug-likeness (QED) is 0.570. The first-order chi connectivity index (χ1) is 13.5. The molecule has 4 heteroatoms. The molecule has 0 spiro atoms. The number of rotatable bonds is 5. The van der Waals surface area contributed by atoms with Crippen molar-refractivity contribution >= 4 is 12.3 Å². The third kappa shape index (κ3) is 3.36. The van der Waals surface area contributed by atoms with Gasteiger partial charge in [0.05, 0.1) is 12.2 Å². The zero-order valence-electron chi connectivity index (χ0n) is 16.0. The minimum absolute atomic E-state index is 0.365. The molecule has 0 N–H and O–H groups in total. The van der Waals surface area contributed by atoms with E-state index in [1.54, 1.807) is 13.8 Å². The SMILES string of the molecule is CC(C)OC(=O)C1(C#N)[C@H](c2ccccc2)CC=C(C=O)[C@H]1c1ccccc1. The molecule has 0 heterocycles. The Kier molecular flexibility index (Phi) is 5.75. The highest BCUT2D eigenvalue weighted by Gasteiger charge is 2.57. The largest absolute Gasteiger partial charge is 0.462 e. The lowest BCUT2D eigenvalue weighted by Crippen LogP contribution is -2.46. The van der Waals surface area contributed by atoms with E-state index in [4.69, 9.17) is 4.74 Å². The van der Waals surface area contributed by atoms with E-state index in [1.807, 2.05) is 66.7 Å². The lowest BCUT2D eigenvalue weighted by Gasteiger charge is -2.42. The Balaban J connectivity index is 2.27. The van der Waals surface area contributed by atoms with Gasteiger partial charge in [0.25, 0.3) is 0 Å². The van der Waals surface area contributed by atoms with Crippen molar-refractivity contribution in [3.05, 3.63) is 83.4 Å². The summed E-state index contributed by atoms with van der Waals surface area (Å²) in [6.07, 6.45) is 2.66. The van der Waals surface area contributed by atoms with Crippen LogP contribution in [0.4, 0.5) is 0 Å². The van der Waals surface area contributed by atoms with Gasteiger partial charge in [0.2, 0.25) is 0 Å². The van der Waals surface area contributed by atoms with E-state index in [2.05, 4.69) is 6.07 Å². The number of hydrogen-bond acceptors (Lipinski definition) is 4. The summed E-state index contributed by atoms with van der Waals surface area (Å²) in [5, 5.41) is 10.4. The monoisotopic (exact) mass is 373 g/mol. The molecule has 2 aromatic carbocycles. The van der Waals surface area contributed by atoms with Crippen LogP contribution in [0.3, 0.4) is 0 Å². The first kappa shape index (κ1) is 19.6. The van der Waals surface area contributed by atoms with Crippen LogP contribution < -0.4 is 0 Å². The third-order valence-corrected chi connectivity index (χ3v) is 5.26. The number of hydrogen-bond donors (Lipinski definition) is 0. The van der Waals surface area contributed by atoms with E-state index >= 15 is 0 Å². The van der Waals surface area contributed by atoms with Gasteiger partial charge in [-0.05, 0) is 37.0 Å². The Hall–Kier alpha value is -3.19. The Morgan fingerprint density at radius 1 is 1.11 bits per heavy atom. The predicted molar refractivity (Wildman–Crippen MR) is 106 cm³/mol. The molecule has 0 saturated carbocycles. The molecule has 0 fully saturated rings. The normalized spacial score (nSPS) is 24.1. The summed E-state index contributed by atoms with van der Waals surface area (Å²) in [5.41, 5.74) is 0.550. The second-order valence-corrected chi connectivity index (χ2v) is 7.30. The molecule has 0 bridgehead atoms. The van der Waals surface area contributed by atoms with E-state index < -0.39 is 23.2 Å². The smallest absolute Gasteiger partial charge is 0.328 e. The van der Waals surface area contributed by atoms with E-state index in [-0.39, 0.29) is 6.10 Å². The number of nitriles is 1.